The van der Waals surface area contributed by atoms with Crippen LogP contribution in [0.25, 0.3) is 0 Å². The van der Waals surface area contributed by atoms with Gasteiger partial charge in [-0.15, -0.1) is 0 Å². The molecule has 0 unspecified atom stereocenters. The number of anilines is 2. The molecular formula is C21H24ClN3O5S. The van der Waals surface area contributed by atoms with E-state index in [1.54, 1.807) is 23.1 Å². The molecule has 0 aliphatic carbocycles. The van der Waals surface area contributed by atoms with Gasteiger partial charge >= 0.3 is 0 Å². The smallest absolute Gasteiger partial charge is 0.243 e. The summed E-state index contributed by atoms with van der Waals surface area (Å²) in [6.45, 7) is 2.88. The molecular weight excluding hydrogens is 442 g/mol. The Morgan fingerprint density at radius 1 is 1.03 bits per heavy atom. The maximum atomic E-state index is 12.9. The molecule has 2 aliphatic rings. The standard InChI is InChI=1S/C21H24ClN3O5S/c1-31(27,28)25(18-5-6-19-20(14-18)30-12-11-29-19)15-21(26)24-9-7-23(8-10-24)17-4-2-3-16(22)13-17/h2-6,13-14H,7-12,15H2,1H3. The van der Waals surface area contributed by atoms with Crippen LogP contribution >= 0.6 is 11.6 Å². The van der Waals surface area contributed by atoms with Crippen molar-refractivity contribution >= 4 is 38.9 Å². The van der Waals surface area contributed by atoms with E-state index in [1.807, 2.05) is 24.3 Å². The maximum absolute atomic E-state index is 12.9. The number of piperazine rings is 1. The Kier molecular flexibility index (Phi) is 6.15. The highest BCUT2D eigenvalue weighted by Gasteiger charge is 2.27. The van der Waals surface area contributed by atoms with Crippen molar-refractivity contribution in [1.82, 2.24) is 4.90 Å². The number of nitrogens with zero attached hydrogens (tertiary/aromatic N) is 3. The topological polar surface area (TPSA) is 79.4 Å². The van der Waals surface area contributed by atoms with Crippen molar-refractivity contribution in [2.75, 3.05) is 61.4 Å². The lowest BCUT2D eigenvalue weighted by Crippen LogP contribution is -2.52. The van der Waals surface area contributed by atoms with Gasteiger partial charge in [-0.1, -0.05) is 17.7 Å². The average Bonchev–Trinajstić information content (AvgIpc) is 2.76. The predicted molar refractivity (Wildman–Crippen MR) is 120 cm³/mol. The van der Waals surface area contributed by atoms with Crippen LogP contribution in [0.3, 0.4) is 0 Å². The van der Waals surface area contributed by atoms with E-state index in [-0.39, 0.29) is 12.5 Å². The number of hydrogen-bond acceptors (Lipinski definition) is 6. The first-order chi connectivity index (χ1) is 14.8. The van der Waals surface area contributed by atoms with Gasteiger partial charge in [-0.3, -0.25) is 9.10 Å². The zero-order valence-electron chi connectivity index (χ0n) is 17.2. The van der Waals surface area contributed by atoms with Crippen molar-refractivity contribution in [3.63, 3.8) is 0 Å². The Balaban J connectivity index is 1.44. The summed E-state index contributed by atoms with van der Waals surface area (Å²) in [5.41, 5.74) is 1.38. The fourth-order valence-electron chi connectivity index (χ4n) is 3.70. The third-order valence-corrected chi connectivity index (χ3v) is 6.67. The van der Waals surface area contributed by atoms with Crippen LogP contribution in [0.1, 0.15) is 0 Å². The van der Waals surface area contributed by atoms with Crippen LogP contribution in [0.5, 0.6) is 11.5 Å². The lowest BCUT2D eigenvalue weighted by atomic mass is 10.2. The summed E-state index contributed by atoms with van der Waals surface area (Å²) < 4.78 is 37.1. The molecule has 1 fully saturated rings. The fourth-order valence-corrected chi connectivity index (χ4v) is 4.72. The van der Waals surface area contributed by atoms with Crippen molar-refractivity contribution in [2.45, 2.75) is 0 Å². The molecule has 1 saturated heterocycles. The number of amides is 1. The molecule has 166 valence electrons. The first kappa shape index (κ1) is 21.6. The Morgan fingerprint density at radius 2 is 1.74 bits per heavy atom. The second kappa shape index (κ2) is 8.84. The molecule has 0 bridgehead atoms. The summed E-state index contributed by atoms with van der Waals surface area (Å²) in [6, 6.07) is 12.5. The molecule has 0 radical (unpaired) electrons. The Bertz CT molecular complexity index is 1070. The summed E-state index contributed by atoms with van der Waals surface area (Å²) in [5, 5.41) is 0.666. The van der Waals surface area contributed by atoms with Gasteiger partial charge < -0.3 is 19.3 Å². The van der Waals surface area contributed by atoms with Crippen LogP contribution in [0.4, 0.5) is 11.4 Å². The molecule has 31 heavy (non-hydrogen) atoms. The summed E-state index contributed by atoms with van der Waals surface area (Å²) in [4.78, 5) is 16.8. The molecule has 0 aromatic heterocycles. The number of fused-ring (bicyclic) bond motifs is 1. The number of ether oxygens (including phenoxy) is 2. The minimum absolute atomic E-state index is 0.244. The molecule has 2 aromatic carbocycles. The quantitative estimate of drug-likeness (QED) is 0.673. The van der Waals surface area contributed by atoms with Crippen molar-refractivity contribution in [3.8, 4) is 11.5 Å². The van der Waals surface area contributed by atoms with Gasteiger partial charge in [-0.05, 0) is 30.3 Å². The SMILES string of the molecule is CS(=O)(=O)N(CC(=O)N1CCN(c2cccc(Cl)c2)CC1)c1ccc2c(c1)OCCO2. The monoisotopic (exact) mass is 465 g/mol. The molecule has 8 nitrogen and oxygen atoms in total. The maximum Gasteiger partial charge on any atom is 0.243 e. The largest absolute Gasteiger partial charge is 0.486 e. The summed E-state index contributed by atoms with van der Waals surface area (Å²) in [5.74, 6) is 0.790. The third kappa shape index (κ3) is 4.99. The van der Waals surface area contributed by atoms with Gasteiger partial charge in [0, 0.05) is 43.0 Å². The zero-order chi connectivity index (χ0) is 22.0. The normalized spacial score (nSPS) is 16.2. The zero-order valence-corrected chi connectivity index (χ0v) is 18.7. The number of carbonyl (C=O) groups is 1. The summed E-state index contributed by atoms with van der Waals surface area (Å²) in [6.07, 6.45) is 1.09. The molecule has 2 aromatic rings. The highest BCUT2D eigenvalue weighted by Crippen LogP contribution is 2.34. The minimum Gasteiger partial charge on any atom is -0.486 e. The summed E-state index contributed by atoms with van der Waals surface area (Å²) in [7, 11) is -3.67. The predicted octanol–water partition coefficient (Wildman–Crippen LogP) is 2.23. The van der Waals surface area contributed by atoms with Crippen LogP contribution in [0.15, 0.2) is 42.5 Å². The number of sulfonamides is 1. The Morgan fingerprint density at radius 3 is 2.42 bits per heavy atom. The van der Waals surface area contributed by atoms with Gasteiger partial charge in [0.2, 0.25) is 15.9 Å². The van der Waals surface area contributed by atoms with Gasteiger partial charge in [-0.2, -0.15) is 0 Å². The molecule has 2 aliphatic heterocycles. The average molecular weight is 466 g/mol. The first-order valence-corrected chi connectivity index (χ1v) is 12.2. The van der Waals surface area contributed by atoms with E-state index in [4.69, 9.17) is 21.1 Å². The van der Waals surface area contributed by atoms with E-state index < -0.39 is 10.0 Å². The van der Waals surface area contributed by atoms with Crippen LogP contribution in [0.2, 0.25) is 5.02 Å². The molecule has 2 heterocycles. The van der Waals surface area contributed by atoms with Crippen LogP contribution in [0, 0.1) is 0 Å². The van der Waals surface area contributed by atoms with Gasteiger partial charge in [0.15, 0.2) is 11.5 Å². The van der Waals surface area contributed by atoms with Crippen LogP contribution < -0.4 is 18.7 Å². The first-order valence-electron chi connectivity index (χ1n) is 9.97. The van der Waals surface area contributed by atoms with Crippen molar-refractivity contribution in [2.24, 2.45) is 0 Å². The second-order valence-corrected chi connectivity index (χ2v) is 9.79. The molecule has 0 saturated carbocycles. The highest BCUT2D eigenvalue weighted by molar-refractivity contribution is 7.92. The molecule has 0 spiro atoms. The molecule has 10 heteroatoms. The van der Waals surface area contributed by atoms with Gasteiger partial charge in [-0.25, -0.2) is 8.42 Å². The lowest BCUT2D eigenvalue weighted by Gasteiger charge is -2.37. The number of hydrogen-bond donors (Lipinski definition) is 0. The number of rotatable bonds is 5. The lowest BCUT2D eigenvalue weighted by molar-refractivity contribution is -0.129. The second-order valence-electron chi connectivity index (χ2n) is 7.45. The van der Waals surface area contributed by atoms with Crippen molar-refractivity contribution < 1.29 is 22.7 Å². The molecule has 0 atom stereocenters. The van der Waals surface area contributed by atoms with E-state index >= 15 is 0 Å². The molecule has 1 amide bonds. The summed E-state index contributed by atoms with van der Waals surface area (Å²) >= 11 is 6.08. The van der Waals surface area contributed by atoms with E-state index in [2.05, 4.69) is 4.90 Å². The highest BCUT2D eigenvalue weighted by atomic mass is 35.5. The van der Waals surface area contributed by atoms with E-state index in [1.165, 1.54) is 0 Å². The number of halogens is 1. The van der Waals surface area contributed by atoms with Crippen LogP contribution in [-0.4, -0.2) is 71.4 Å². The third-order valence-electron chi connectivity index (χ3n) is 5.30. The van der Waals surface area contributed by atoms with E-state index in [0.29, 0.717) is 61.6 Å². The Hall–Kier alpha value is -2.65. The van der Waals surface area contributed by atoms with Crippen LogP contribution in [-0.2, 0) is 14.8 Å². The van der Waals surface area contributed by atoms with Gasteiger partial charge in [0.05, 0.1) is 11.9 Å². The fraction of sp³-hybridized carbons (Fsp3) is 0.381. The number of benzene rings is 2. The van der Waals surface area contributed by atoms with Gasteiger partial charge in [0.1, 0.15) is 19.8 Å². The van der Waals surface area contributed by atoms with Crippen molar-refractivity contribution in [3.05, 3.63) is 47.5 Å². The number of carbonyl (C=O) groups excluding carboxylic acids is 1. The van der Waals surface area contributed by atoms with Gasteiger partial charge in [0.25, 0.3) is 0 Å². The van der Waals surface area contributed by atoms with E-state index in [0.717, 1.165) is 16.2 Å². The molecule has 4 rings (SSSR count). The Labute approximate surface area is 186 Å². The minimum atomic E-state index is -3.67. The van der Waals surface area contributed by atoms with Crippen molar-refractivity contribution in [1.29, 1.82) is 0 Å². The van der Waals surface area contributed by atoms with E-state index in [9.17, 15) is 13.2 Å². The molecule has 0 N–H and O–H groups in total.